The molecule has 25 heteroatoms. The smallest absolute Gasteiger partial charge is 1.00 e. The van der Waals surface area contributed by atoms with Gasteiger partial charge in [0.15, 0.2) is 17.2 Å². The van der Waals surface area contributed by atoms with E-state index in [-0.39, 0.29) is 140 Å². The molecule has 80 heavy (non-hydrogen) atoms. The number of anilines is 3. The number of fused-ring (bicyclic) bond motifs is 15. The predicted octanol–water partition coefficient (Wildman–Crippen LogP) is 7.37. The van der Waals surface area contributed by atoms with Gasteiger partial charge < -0.3 is 56.8 Å². The molecule has 0 aromatic heterocycles. The second-order valence-corrected chi connectivity index (χ2v) is 21.1. The van der Waals surface area contributed by atoms with Crippen molar-refractivity contribution < 1.29 is 156 Å². The van der Waals surface area contributed by atoms with Crippen LogP contribution in [0.4, 0.5) is 30.2 Å². The molecule has 6 heterocycles. The third-order valence-corrected chi connectivity index (χ3v) is 16.5. The zero-order valence-electron chi connectivity index (χ0n) is 44.0. The van der Waals surface area contributed by atoms with Crippen LogP contribution in [0.1, 0.15) is 74.8 Å². The minimum Gasteiger partial charge on any atom is -1.00 e. The van der Waals surface area contributed by atoms with Crippen molar-refractivity contribution in [2.45, 2.75) is 81.0 Å². The monoisotopic (exact) mass is 1270 g/mol. The minimum atomic E-state index is -4.96. The number of alkyl halides is 3. The van der Waals surface area contributed by atoms with E-state index >= 15 is 0 Å². The van der Waals surface area contributed by atoms with Crippen molar-refractivity contribution in [2.24, 2.45) is 5.73 Å². The molecule has 3 fully saturated rings. The Morgan fingerprint density at radius 1 is 0.575 bits per heavy atom. The van der Waals surface area contributed by atoms with Crippen molar-refractivity contribution in [1.29, 1.82) is 0 Å². The van der Waals surface area contributed by atoms with Crippen LogP contribution in [-0.4, -0.2) is 62.7 Å². The number of hydrogen-bond donors (Lipinski definition) is 3. The Hall–Kier alpha value is -2.75. The number of carbonyl (C=O) groups is 3. The molecule has 6 aromatic rings. The number of nitrogens with one attached hydrogen (secondary N) is 2. The summed E-state index contributed by atoms with van der Waals surface area (Å²) in [6, 6.07) is 32.3. The van der Waals surface area contributed by atoms with Gasteiger partial charge in [-0.3, -0.25) is 14.4 Å². The molecule has 4 N–H and O–H groups in total. The van der Waals surface area contributed by atoms with E-state index in [4.69, 9.17) is 99.6 Å². The number of piperidine rings is 3. The average Bonchev–Trinajstić information content (AvgIpc) is 3.95. The van der Waals surface area contributed by atoms with Gasteiger partial charge in [-0.2, -0.15) is 13.2 Å². The first kappa shape index (κ1) is 64.8. The molecule has 14 nitrogen and oxygen atoms in total. The zero-order chi connectivity index (χ0) is 55.4. The van der Waals surface area contributed by atoms with E-state index in [0.717, 1.165) is 84.9 Å². The van der Waals surface area contributed by atoms with Gasteiger partial charge in [0.2, 0.25) is 6.41 Å². The van der Waals surface area contributed by atoms with Gasteiger partial charge in [-0.1, -0.05) is 124 Å². The molecular weight excluding hydrogens is 1220 g/mol. The number of amides is 2. The minimum absolute atomic E-state index is 0. The second-order valence-electron chi connectivity index (χ2n) is 18.7. The third kappa shape index (κ3) is 13.8. The zero-order valence-corrected chi connectivity index (χ0v) is 53.7. The number of nitrogens with zero attached hydrogens (tertiary/aromatic N) is 3. The number of benzene rings is 6. The SMILES string of the molecule is N[C@H]1CCCN2c3c(ccc(Cl)c3Cl)Oc3ccccc3[C@H]12.O=C(N[C@H]1CCCN2c3c(ccc(Cl)c3Cl)Oc3ccccc3[C@H]12)C(F)(F)F.O=CN[C@H]1CCCN2c3c(ccc(Cl)c3Cl)Oc3ccccc3[C@H]12.O=CO[O-].[H-].[K+].[K+]. The Labute approximate surface area is 576 Å². The number of rotatable bonds is 4. The standard InChI is InChI=1S/C19H15Cl2F3N2O2.C18H16Cl2N2O2.C17H16Cl2N2O.CH2O3.2K.H/c20-11-7-8-14-17(15(11)21)26-9-3-5-12(25-18(27)19(22,23)24)16(26)10-4-1-2-6-13(10)28-14;19-12-7-8-15-18(16(12)20)22-9-3-5-13(21-10-23)17(22)11-4-1-2-6-14(11)24-15;18-11-7-8-14-17(15(11)19)21-9-3-5-12(20)16(21)10-4-1-2-6-13(10)22-14;2-1-4-3;;;/h1-2,4,6-8,12,16H,3,5,9H2,(H,25,27);1-2,4,6-8,10,13,17H,3,5,9H2,(H,21,23);1-2,4,6-8,12,16H,3,5,9,20H2;1,3H;;;/q;;;;2*+1;-1/p-1/t12-,16+;13-,17+;12-,16+;;;;/m000..../s1. The van der Waals surface area contributed by atoms with Crippen LogP contribution >= 0.6 is 69.6 Å². The van der Waals surface area contributed by atoms with Crippen molar-refractivity contribution in [2.75, 3.05) is 34.3 Å². The normalized spacial score (nSPS) is 20.4. The topological polar surface area (TPSA) is 171 Å². The number of carbonyl (C=O) groups excluding carboxylic acids is 3. The summed E-state index contributed by atoms with van der Waals surface area (Å²) in [6.45, 7) is 2.07. The van der Waals surface area contributed by atoms with Gasteiger partial charge in [0.25, 0.3) is 6.47 Å². The summed E-state index contributed by atoms with van der Waals surface area (Å²) in [6.07, 6.45) is 0.652. The van der Waals surface area contributed by atoms with Crippen LogP contribution in [-0.2, 0) is 19.3 Å². The fraction of sp³-hybridized carbons (Fsp3) is 0.291. The average molecular weight is 1270 g/mol. The van der Waals surface area contributed by atoms with Gasteiger partial charge in [-0.15, -0.1) is 0 Å². The Balaban J connectivity index is 0.000000187. The van der Waals surface area contributed by atoms with Crippen molar-refractivity contribution in [1.82, 2.24) is 10.6 Å². The van der Waals surface area contributed by atoms with Crippen LogP contribution in [0.3, 0.4) is 0 Å². The van der Waals surface area contributed by atoms with E-state index < -0.39 is 24.2 Å². The molecule has 0 unspecified atom stereocenters. The van der Waals surface area contributed by atoms with Crippen LogP contribution in [0, 0.1) is 0 Å². The van der Waals surface area contributed by atoms with Crippen molar-refractivity contribution >= 4 is 105 Å². The maximum absolute atomic E-state index is 12.9. The predicted molar refractivity (Wildman–Crippen MR) is 294 cm³/mol. The summed E-state index contributed by atoms with van der Waals surface area (Å²) in [5, 5.41) is 16.2. The van der Waals surface area contributed by atoms with Crippen LogP contribution in [0.2, 0.25) is 30.1 Å². The van der Waals surface area contributed by atoms with Gasteiger partial charge in [0.1, 0.15) is 34.3 Å². The molecule has 0 saturated carbocycles. The largest absolute Gasteiger partial charge is 1.00 e. The van der Waals surface area contributed by atoms with E-state index in [1.807, 2.05) is 59.5 Å². The Morgan fingerprint density at radius 3 is 1.31 bits per heavy atom. The molecule has 3 saturated heterocycles. The summed E-state index contributed by atoms with van der Waals surface area (Å²) in [5.41, 5.74) is 11.4. The van der Waals surface area contributed by atoms with E-state index in [9.17, 15) is 22.8 Å². The quantitative estimate of drug-likeness (QED) is 0.0695. The molecular formula is C55H49Cl6F3K2N6O8. The maximum Gasteiger partial charge on any atom is 1.00 e. The van der Waals surface area contributed by atoms with Crippen LogP contribution in [0.25, 0.3) is 0 Å². The first-order chi connectivity index (χ1) is 37.6. The van der Waals surface area contributed by atoms with Crippen LogP contribution < -0.4 is 153 Å². The molecule has 412 valence electrons. The third-order valence-electron chi connectivity index (χ3n) is 14.2. The van der Waals surface area contributed by atoms with Gasteiger partial charge >= 0.3 is 115 Å². The van der Waals surface area contributed by atoms with Gasteiger partial charge in [0, 0.05) is 42.4 Å². The molecule has 6 aliphatic rings. The van der Waals surface area contributed by atoms with Crippen LogP contribution in [0.15, 0.2) is 109 Å². The van der Waals surface area contributed by atoms with Crippen molar-refractivity contribution in [3.63, 3.8) is 0 Å². The van der Waals surface area contributed by atoms with E-state index in [0.29, 0.717) is 73.0 Å². The van der Waals surface area contributed by atoms with Crippen molar-refractivity contribution in [3.05, 3.63) is 156 Å². The Morgan fingerprint density at radius 2 is 0.925 bits per heavy atom. The second kappa shape index (κ2) is 28.9. The van der Waals surface area contributed by atoms with E-state index in [1.165, 1.54) is 0 Å². The molecule has 0 aliphatic carbocycles. The molecule has 6 aliphatic heterocycles. The maximum atomic E-state index is 12.9. The van der Waals surface area contributed by atoms with Gasteiger partial charge in [-0.25, -0.2) is 0 Å². The van der Waals surface area contributed by atoms with Crippen LogP contribution in [0.5, 0.6) is 34.5 Å². The number of ether oxygens (including phenoxy) is 3. The molecule has 0 radical (unpaired) electrons. The first-order valence-corrected chi connectivity index (χ1v) is 26.9. The first-order valence-electron chi connectivity index (χ1n) is 24.7. The number of para-hydroxylation sites is 3. The summed E-state index contributed by atoms with van der Waals surface area (Å²) in [5.74, 6) is 2.05. The summed E-state index contributed by atoms with van der Waals surface area (Å²) in [7, 11) is 0. The summed E-state index contributed by atoms with van der Waals surface area (Å²) < 4.78 is 56.9. The fourth-order valence-corrected chi connectivity index (χ4v) is 12.3. The number of halogens is 9. The molecule has 0 bridgehead atoms. The summed E-state index contributed by atoms with van der Waals surface area (Å²) in [4.78, 5) is 40.3. The molecule has 0 spiro atoms. The Kier molecular flexibility index (Phi) is 23.4. The molecule has 2 amide bonds. The van der Waals surface area contributed by atoms with E-state index in [1.54, 1.807) is 48.5 Å². The number of nitrogens with two attached hydrogens (primary N) is 1. The molecule has 12 rings (SSSR count). The van der Waals surface area contributed by atoms with Gasteiger partial charge in [-0.05, 0) is 93.1 Å². The number of hydrogen-bond acceptors (Lipinski definition) is 12. The Bertz CT molecular complexity index is 3220. The summed E-state index contributed by atoms with van der Waals surface area (Å²) >= 11 is 38.2. The molecule has 6 atom stereocenters. The van der Waals surface area contributed by atoms with Crippen molar-refractivity contribution in [3.8, 4) is 34.5 Å². The fourth-order valence-electron chi connectivity index (χ4n) is 11.0. The van der Waals surface area contributed by atoms with E-state index in [2.05, 4.69) is 31.4 Å². The molecule has 6 aromatic carbocycles. The van der Waals surface area contributed by atoms with Gasteiger partial charge in [0.05, 0.1) is 60.3 Å².